The van der Waals surface area contributed by atoms with Crippen LogP contribution < -0.4 is 5.32 Å². The van der Waals surface area contributed by atoms with E-state index in [1.54, 1.807) is 0 Å². The molecule has 3 rings (SSSR count). The first-order valence-electron chi connectivity index (χ1n) is 3.44. The van der Waals surface area contributed by atoms with Crippen molar-refractivity contribution in [2.45, 2.75) is 26.3 Å². The van der Waals surface area contributed by atoms with Crippen LogP contribution in [-0.4, -0.2) is 12.6 Å². The summed E-state index contributed by atoms with van der Waals surface area (Å²) in [5, 5.41) is 3.48. The second kappa shape index (κ2) is 1.10. The molecule has 1 aliphatic carbocycles. The Kier molecular flexibility index (Phi) is 0.663. The van der Waals surface area contributed by atoms with Gasteiger partial charge in [0, 0.05) is 6.04 Å². The molecule has 0 radical (unpaired) electrons. The Morgan fingerprint density at radius 1 is 1.50 bits per heavy atom. The van der Waals surface area contributed by atoms with Gasteiger partial charge in [0.25, 0.3) is 0 Å². The van der Waals surface area contributed by atoms with Crippen LogP contribution in [0, 0.1) is 11.3 Å². The van der Waals surface area contributed by atoms with Gasteiger partial charge in [0.15, 0.2) is 0 Å². The lowest BCUT2D eigenvalue weighted by molar-refractivity contribution is 0.105. The zero-order valence-electron chi connectivity index (χ0n) is 5.57. The van der Waals surface area contributed by atoms with Gasteiger partial charge in [0.05, 0.1) is 0 Å². The van der Waals surface area contributed by atoms with Gasteiger partial charge in [-0.15, -0.1) is 0 Å². The molecular formula is C7H13N. The maximum atomic E-state index is 3.48. The molecule has 2 bridgehead atoms. The molecule has 1 heteroatoms. The van der Waals surface area contributed by atoms with E-state index in [0.29, 0.717) is 5.41 Å². The number of hydrogen-bond donors (Lipinski definition) is 1. The largest absolute Gasteiger partial charge is 0.313 e. The Morgan fingerprint density at radius 2 is 2.25 bits per heavy atom. The molecule has 8 heavy (non-hydrogen) atoms. The third-order valence-electron chi connectivity index (χ3n) is 3.08. The summed E-state index contributed by atoms with van der Waals surface area (Å²) in [5.41, 5.74) is 0.639. The van der Waals surface area contributed by atoms with Gasteiger partial charge in [-0.1, -0.05) is 13.8 Å². The molecule has 0 spiro atoms. The Bertz CT molecular complexity index is 102. The fourth-order valence-electron chi connectivity index (χ4n) is 1.99. The van der Waals surface area contributed by atoms with E-state index in [4.69, 9.17) is 0 Å². The molecule has 1 nitrogen and oxygen atoms in total. The summed E-state index contributed by atoms with van der Waals surface area (Å²) in [6.45, 7) is 6.01. The van der Waals surface area contributed by atoms with E-state index in [9.17, 15) is 0 Å². The zero-order valence-corrected chi connectivity index (χ0v) is 5.57. The Balaban J connectivity index is 2.23. The third kappa shape index (κ3) is 0.334. The van der Waals surface area contributed by atoms with Crippen molar-refractivity contribution in [2.24, 2.45) is 11.3 Å². The van der Waals surface area contributed by atoms with Crippen LogP contribution in [0.25, 0.3) is 0 Å². The second-order valence-electron chi connectivity index (χ2n) is 3.71. The van der Waals surface area contributed by atoms with Crippen molar-refractivity contribution in [3.8, 4) is 0 Å². The summed E-state index contributed by atoms with van der Waals surface area (Å²) in [7, 11) is 0. The standard InChI is InChI=1S/C7H13N/c1-7(2)5-3-6(7)8-4-5/h5-6,8H,3-4H2,1-2H3. The van der Waals surface area contributed by atoms with Gasteiger partial charge in [-0.3, -0.25) is 0 Å². The quantitative estimate of drug-likeness (QED) is 0.492. The summed E-state index contributed by atoms with van der Waals surface area (Å²) >= 11 is 0. The smallest absolute Gasteiger partial charge is 0.0125 e. The first-order chi connectivity index (χ1) is 3.71. The molecule has 2 aliphatic heterocycles. The van der Waals surface area contributed by atoms with Crippen molar-refractivity contribution in [2.75, 3.05) is 6.54 Å². The van der Waals surface area contributed by atoms with E-state index >= 15 is 0 Å². The maximum Gasteiger partial charge on any atom is 0.0125 e. The Morgan fingerprint density at radius 3 is 2.38 bits per heavy atom. The Labute approximate surface area is 50.5 Å². The number of hydrogen-bond acceptors (Lipinski definition) is 1. The predicted molar refractivity (Wildman–Crippen MR) is 33.7 cm³/mol. The fraction of sp³-hybridized carbons (Fsp3) is 1.00. The molecule has 0 amide bonds. The van der Waals surface area contributed by atoms with E-state index in [1.165, 1.54) is 13.0 Å². The van der Waals surface area contributed by atoms with Crippen molar-refractivity contribution >= 4 is 0 Å². The molecule has 2 heterocycles. The third-order valence-corrected chi connectivity index (χ3v) is 3.08. The van der Waals surface area contributed by atoms with E-state index in [1.807, 2.05) is 0 Å². The van der Waals surface area contributed by atoms with Crippen LogP contribution in [0.2, 0.25) is 0 Å². The summed E-state index contributed by atoms with van der Waals surface area (Å²) in [4.78, 5) is 0. The van der Waals surface area contributed by atoms with Gasteiger partial charge in [0.2, 0.25) is 0 Å². The first-order valence-corrected chi connectivity index (χ1v) is 3.44. The molecule has 0 aromatic carbocycles. The molecule has 2 unspecified atom stereocenters. The van der Waals surface area contributed by atoms with Crippen molar-refractivity contribution in [1.29, 1.82) is 0 Å². The zero-order chi connectivity index (χ0) is 5.78. The highest BCUT2D eigenvalue weighted by Gasteiger charge is 2.52. The molecule has 0 aromatic heterocycles. The molecule has 1 saturated carbocycles. The van der Waals surface area contributed by atoms with Gasteiger partial charge in [-0.05, 0) is 24.3 Å². The van der Waals surface area contributed by atoms with E-state index in [-0.39, 0.29) is 0 Å². The lowest BCUT2D eigenvalue weighted by Gasteiger charge is -2.42. The highest BCUT2D eigenvalue weighted by atomic mass is 15.0. The van der Waals surface area contributed by atoms with Gasteiger partial charge >= 0.3 is 0 Å². The minimum Gasteiger partial charge on any atom is -0.313 e. The highest BCUT2D eigenvalue weighted by Crippen LogP contribution is 2.50. The topological polar surface area (TPSA) is 12.0 Å². The van der Waals surface area contributed by atoms with E-state index < -0.39 is 0 Å². The van der Waals surface area contributed by atoms with Crippen LogP contribution in [-0.2, 0) is 0 Å². The molecule has 0 aromatic rings. The van der Waals surface area contributed by atoms with Crippen molar-refractivity contribution in [3.05, 3.63) is 0 Å². The van der Waals surface area contributed by atoms with Gasteiger partial charge < -0.3 is 5.32 Å². The van der Waals surface area contributed by atoms with Crippen LogP contribution in [0.3, 0.4) is 0 Å². The first kappa shape index (κ1) is 4.80. The van der Waals surface area contributed by atoms with E-state index in [2.05, 4.69) is 19.2 Å². The lowest BCUT2D eigenvalue weighted by atomic mass is 9.63. The SMILES string of the molecule is CC1(C)C2CNC1C2. The molecule has 3 fully saturated rings. The molecular weight excluding hydrogens is 98.1 g/mol. The molecule has 3 aliphatic rings. The minimum absolute atomic E-state index is 0.639. The summed E-state index contributed by atoms with van der Waals surface area (Å²) in [6.07, 6.45) is 1.44. The average Bonchev–Trinajstić information content (AvgIpc) is 2.18. The lowest BCUT2D eigenvalue weighted by Crippen LogP contribution is -2.44. The Hall–Kier alpha value is -0.0400. The fourth-order valence-corrected chi connectivity index (χ4v) is 1.99. The molecule has 2 atom stereocenters. The maximum absolute atomic E-state index is 3.48. The summed E-state index contributed by atoms with van der Waals surface area (Å²) in [6, 6.07) is 0.854. The van der Waals surface area contributed by atoms with Gasteiger partial charge in [-0.2, -0.15) is 0 Å². The second-order valence-corrected chi connectivity index (χ2v) is 3.71. The van der Waals surface area contributed by atoms with Crippen molar-refractivity contribution in [1.82, 2.24) is 5.32 Å². The number of rotatable bonds is 0. The van der Waals surface area contributed by atoms with Gasteiger partial charge in [0.1, 0.15) is 0 Å². The highest BCUT2D eigenvalue weighted by molar-refractivity contribution is 5.08. The number of fused-ring (bicyclic) bond motifs is 1. The van der Waals surface area contributed by atoms with Crippen LogP contribution in [0.1, 0.15) is 20.3 Å². The van der Waals surface area contributed by atoms with Crippen molar-refractivity contribution < 1.29 is 0 Å². The van der Waals surface area contributed by atoms with Gasteiger partial charge in [-0.25, -0.2) is 0 Å². The van der Waals surface area contributed by atoms with Crippen LogP contribution >= 0.6 is 0 Å². The minimum atomic E-state index is 0.639. The van der Waals surface area contributed by atoms with Crippen molar-refractivity contribution in [3.63, 3.8) is 0 Å². The van der Waals surface area contributed by atoms with Crippen LogP contribution in [0.5, 0.6) is 0 Å². The van der Waals surface area contributed by atoms with Crippen LogP contribution in [0.4, 0.5) is 0 Å². The summed E-state index contributed by atoms with van der Waals surface area (Å²) in [5.74, 6) is 0.993. The number of nitrogens with one attached hydrogen (secondary N) is 1. The average molecular weight is 111 g/mol. The molecule has 46 valence electrons. The molecule has 2 saturated heterocycles. The predicted octanol–water partition coefficient (Wildman–Crippen LogP) is 1.00. The van der Waals surface area contributed by atoms with Crippen LogP contribution in [0.15, 0.2) is 0 Å². The molecule has 1 N–H and O–H groups in total. The van der Waals surface area contributed by atoms with E-state index in [0.717, 1.165) is 12.0 Å². The normalized spacial score (nSPS) is 48.8. The monoisotopic (exact) mass is 111 g/mol. The summed E-state index contributed by atoms with van der Waals surface area (Å²) < 4.78 is 0.